The first-order chi connectivity index (χ1) is 15.6. The summed E-state index contributed by atoms with van der Waals surface area (Å²) in [4.78, 5) is 35.2. The Labute approximate surface area is 185 Å². The number of hydrogen-bond donors (Lipinski definition) is 3. The fourth-order valence-corrected chi connectivity index (χ4v) is 2.64. The summed E-state index contributed by atoms with van der Waals surface area (Å²) in [6.45, 7) is -0.674. The molecule has 0 fully saturated rings. The number of para-hydroxylation sites is 1. The van der Waals surface area contributed by atoms with Crippen molar-refractivity contribution in [3.63, 3.8) is 0 Å². The van der Waals surface area contributed by atoms with E-state index in [1.54, 1.807) is 12.1 Å². The number of urea groups is 1. The highest BCUT2D eigenvalue weighted by atomic mass is 16.6. The SMILES string of the molecule is O=C(COC(=O)COc1ccc(Nc2ccccc2)cc1)NC(=O)NCc1ccccc1. The van der Waals surface area contributed by atoms with Crippen LogP contribution in [0.2, 0.25) is 0 Å². The van der Waals surface area contributed by atoms with Gasteiger partial charge in [0.05, 0.1) is 0 Å². The molecule has 0 aromatic heterocycles. The second-order valence-electron chi connectivity index (χ2n) is 6.68. The van der Waals surface area contributed by atoms with E-state index in [1.807, 2.05) is 72.8 Å². The summed E-state index contributed by atoms with van der Waals surface area (Å²) >= 11 is 0. The number of carbonyl (C=O) groups is 3. The normalized spacial score (nSPS) is 10.0. The van der Waals surface area contributed by atoms with Gasteiger partial charge in [-0.1, -0.05) is 48.5 Å². The predicted octanol–water partition coefficient (Wildman–Crippen LogP) is 3.38. The van der Waals surface area contributed by atoms with Gasteiger partial charge in [-0.3, -0.25) is 10.1 Å². The Morgan fingerprint density at radius 3 is 2.03 bits per heavy atom. The third kappa shape index (κ3) is 7.83. The first-order valence-corrected chi connectivity index (χ1v) is 9.90. The minimum atomic E-state index is -0.736. The van der Waals surface area contributed by atoms with Crippen LogP contribution in [0.3, 0.4) is 0 Å². The quantitative estimate of drug-likeness (QED) is 0.447. The molecule has 0 aliphatic rings. The Balaban J connectivity index is 1.32. The summed E-state index contributed by atoms with van der Waals surface area (Å²) in [6.07, 6.45) is 0. The lowest BCUT2D eigenvalue weighted by atomic mass is 10.2. The van der Waals surface area contributed by atoms with Crippen molar-refractivity contribution in [3.05, 3.63) is 90.5 Å². The molecule has 0 aliphatic heterocycles. The number of imide groups is 1. The summed E-state index contributed by atoms with van der Waals surface area (Å²) in [5.41, 5.74) is 2.72. The lowest BCUT2D eigenvalue weighted by Crippen LogP contribution is -2.41. The molecule has 3 N–H and O–H groups in total. The number of carbonyl (C=O) groups excluding carboxylic acids is 3. The Bertz CT molecular complexity index is 1020. The standard InChI is InChI=1S/C24H23N3O5/c28-22(27-24(30)25-15-18-7-3-1-4-8-18)16-32-23(29)17-31-21-13-11-20(12-14-21)26-19-9-5-2-6-10-19/h1-14,26H,15-17H2,(H2,25,27,28,30). The molecule has 0 atom stereocenters. The summed E-state index contributed by atoms with van der Waals surface area (Å²) in [5.74, 6) is -0.984. The van der Waals surface area contributed by atoms with Gasteiger partial charge in [-0.15, -0.1) is 0 Å². The minimum absolute atomic E-state index is 0.271. The average Bonchev–Trinajstić information content (AvgIpc) is 2.82. The molecule has 3 aromatic carbocycles. The maximum absolute atomic E-state index is 11.8. The monoisotopic (exact) mass is 433 g/mol. The van der Waals surface area contributed by atoms with Crippen LogP contribution in [0.15, 0.2) is 84.9 Å². The van der Waals surface area contributed by atoms with Gasteiger partial charge in [0, 0.05) is 17.9 Å². The van der Waals surface area contributed by atoms with Crippen LogP contribution < -0.4 is 20.7 Å². The van der Waals surface area contributed by atoms with Gasteiger partial charge in [0.25, 0.3) is 5.91 Å². The van der Waals surface area contributed by atoms with Crippen LogP contribution in [-0.2, 0) is 20.9 Å². The molecule has 3 aromatic rings. The molecule has 0 spiro atoms. The number of nitrogens with one attached hydrogen (secondary N) is 3. The molecule has 0 heterocycles. The number of hydrogen-bond acceptors (Lipinski definition) is 6. The zero-order valence-electron chi connectivity index (χ0n) is 17.2. The fourth-order valence-electron chi connectivity index (χ4n) is 2.64. The van der Waals surface area contributed by atoms with Crippen molar-refractivity contribution in [1.29, 1.82) is 0 Å². The van der Waals surface area contributed by atoms with E-state index in [0.29, 0.717) is 5.75 Å². The highest BCUT2D eigenvalue weighted by Gasteiger charge is 2.11. The molecule has 8 nitrogen and oxygen atoms in total. The van der Waals surface area contributed by atoms with Crippen LogP contribution in [0.25, 0.3) is 0 Å². The van der Waals surface area contributed by atoms with Crippen LogP contribution in [-0.4, -0.2) is 31.1 Å². The highest BCUT2D eigenvalue weighted by Crippen LogP contribution is 2.19. The van der Waals surface area contributed by atoms with Gasteiger partial charge in [-0.25, -0.2) is 9.59 Å². The van der Waals surface area contributed by atoms with Gasteiger partial charge in [0.15, 0.2) is 13.2 Å². The molecule has 0 saturated heterocycles. The molecule has 0 radical (unpaired) electrons. The molecule has 0 aliphatic carbocycles. The summed E-state index contributed by atoms with van der Waals surface area (Å²) in [5, 5.41) is 7.87. The van der Waals surface area contributed by atoms with Crippen molar-refractivity contribution in [1.82, 2.24) is 10.6 Å². The zero-order chi connectivity index (χ0) is 22.6. The van der Waals surface area contributed by atoms with Gasteiger partial charge in [0.1, 0.15) is 5.75 Å². The Morgan fingerprint density at radius 2 is 1.34 bits per heavy atom. The predicted molar refractivity (Wildman–Crippen MR) is 119 cm³/mol. The van der Waals surface area contributed by atoms with E-state index in [-0.39, 0.29) is 13.2 Å². The van der Waals surface area contributed by atoms with Crippen LogP contribution in [0, 0.1) is 0 Å². The van der Waals surface area contributed by atoms with Crippen molar-refractivity contribution in [2.45, 2.75) is 6.54 Å². The summed E-state index contributed by atoms with van der Waals surface area (Å²) in [6, 6.07) is 25.3. The van der Waals surface area contributed by atoms with Crippen LogP contribution >= 0.6 is 0 Å². The molecule has 0 bridgehead atoms. The van der Waals surface area contributed by atoms with Gasteiger partial charge < -0.3 is 20.1 Å². The molecule has 8 heteroatoms. The highest BCUT2D eigenvalue weighted by molar-refractivity contribution is 5.95. The second kappa shape index (κ2) is 11.8. The van der Waals surface area contributed by atoms with E-state index in [4.69, 9.17) is 9.47 Å². The zero-order valence-corrected chi connectivity index (χ0v) is 17.2. The molecule has 0 unspecified atom stereocenters. The van der Waals surface area contributed by atoms with Crippen LogP contribution in [0.1, 0.15) is 5.56 Å². The van der Waals surface area contributed by atoms with Crippen molar-refractivity contribution in [2.24, 2.45) is 0 Å². The lowest BCUT2D eigenvalue weighted by Gasteiger charge is -2.09. The molecule has 32 heavy (non-hydrogen) atoms. The van der Waals surface area contributed by atoms with Gasteiger partial charge in [-0.2, -0.15) is 0 Å². The average molecular weight is 433 g/mol. The maximum atomic E-state index is 11.8. The molecular weight excluding hydrogens is 410 g/mol. The maximum Gasteiger partial charge on any atom is 0.344 e. The molecular formula is C24H23N3O5. The van der Waals surface area contributed by atoms with Crippen LogP contribution in [0.4, 0.5) is 16.2 Å². The summed E-state index contributed by atoms with van der Waals surface area (Å²) in [7, 11) is 0. The van der Waals surface area contributed by atoms with E-state index < -0.39 is 24.5 Å². The molecule has 0 saturated carbocycles. The Kier molecular flexibility index (Phi) is 8.21. The van der Waals surface area contributed by atoms with E-state index in [0.717, 1.165) is 16.9 Å². The number of anilines is 2. The number of esters is 1. The second-order valence-corrected chi connectivity index (χ2v) is 6.68. The molecule has 164 valence electrons. The largest absolute Gasteiger partial charge is 0.482 e. The third-order valence-corrected chi connectivity index (χ3v) is 4.19. The fraction of sp³-hybridized carbons (Fsp3) is 0.125. The first-order valence-electron chi connectivity index (χ1n) is 9.90. The van der Waals surface area contributed by atoms with Crippen molar-refractivity contribution in [3.8, 4) is 5.75 Å². The number of rotatable bonds is 9. The van der Waals surface area contributed by atoms with E-state index in [1.165, 1.54) is 0 Å². The minimum Gasteiger partial charge on any atom is -0.482 e. The smallest absolute Gasteiger partial charge is 0.344 e. The lowest BCUT2D eigenvalue weighted by molar-refractivity contribution is -0.150. The molecule has 3 amide bonds. The van der Waals surface area contributed by atoms with Crippen molar-refractivity contribution < 1.29 is 23.9 Å². The van der Waals surface area contributed by atoms with Gasteiger partial charge in [0.2, 0.25) is 0 Å². The summed E-state index contributed by atoms with van der Waals surface area (Å²) < 4.78 is 10.2. The van der Waals surface area contributed by atoms with E-state index in [9.17, 15) is 14.4 Å². The van der Waals surface area contributed by atoms with E-state index in [2.05, 4.69) is 16.0 Å². The van der Waals surface area contributed by atoms with E-state index >= 15 is 0 Å². The number of benzene rings is 3. The Hall–Kier alpha value is -4.33. The topological polar surface area (TPSA) is 106 Å². The van der Waals surface area contributed by atoms with Gasteiger partial charge >= 0.3 is 12.0 Å². The van der Waals surface area contributed by atoms with Gasteiger partial charge in [-0.05, 0) is 42.0 Å². The Morgan fingerprint density at radius 1 is 0.719 bits per heavy atom. The number of amides is 3. The third-order valence-electron chi connectivity index (χ3n) is 4.19. The van der Waals surface area contributed by atoms with Crippen molar-refractivity contribution in [2.75, 3.05) is 18.5 Å². The van der Waals surface area contributed by atoms with Crippen LogP contribution in [0.5, 0.6) is 5.75 Å². The van der Waals surface area contributed by atoms with Crippen molar-refractivity contribution >= 4 is 29.3 Å². The number of ether oxygens (including phenoxy) is 2. The first kappa shape index (κ1) is 22.4. The molecule has 3 rings (SSSR count).